The molecule has 0 saturated heterocycles. The van der Waals surface area contributed by atoms with Gasteiger partial charge in [-0.1, -0.05) is 27.7 Å². The lowest BCUT2D eigenvalue weighted by Gasteiger charge is -2.19. The molecule has 2 aromatic carbocycles. The number of halogens is 1. The van der Waals surface area contributed by atoms with E-state index in [-0.39, 0.29) is 23.1 Å². The molecule has 3 rings (SSSR count). The van der Waals surface area contributed by atoms with E-state index in [2.05, 4.69) is 15.9 Å². The van der Waals surface area contributed by atoms with Gasteiger partial charge >= 0.3 is 0 Å². The van der Waals surface area contributed by atoms with E-state index < -0.39 is 0 Å². The van der Waals surface area contributed by atoms with Gasteiger partial charge in [0.15, 0.2) is 0 Å². The molecule has 1 aliphatic carbocycles. The van der Waals surface area contributed by atoms with Gasteiger partial charge in [-0.2, -0.15) is 0 Å². The highest BCUT2D eigenvalue weighted by molar-refractivity contribution is 9.10. The Kier molecular flexibility index (Phi) is 4.78. The molecule has 0 heterocycles. The van der Waals surface area contributed by atoms with Crippen LogP contribution in [0.15, 0.2) is 68.2 Å². The first kappa shape index (κ1) is 16.8. The van der Waals surface area contributed by atoms with E-state index >= 15 is 0 Å². The fraction of sp³-hybridized carbons (Fsp3) is 0.111. The number of ether oxygens (including phenoxy) is 2. The van der Waals surface area contributed by atoms with Crippen molar-refractivity contribution in [2.45, 2.75) is 9.79 Å². The van der Waals surface area contributed by atoms with Crippen LogP contribution in [0.25, 0.3) is 0 Å². The maximum atomic E-state index is 12.6. The first-order chi connectivity index (χ1) is 11.5. The van der Waals surface area contributed by atoms with Gasteiger partial charge in [0.05, 0.1) is 14.2 Å². The van der Waals surface area contributed by atoms with Crippen molar-refractivity contribution in [3.05, 3.63) is 69.6 Å². The summed E-state index contributed by atoms with van der Waals surface area (Å²) in [5.41, 5.74) is 0.664. The van der Waals surface area contributed by atoms with Crippen LogP contribution in [0.4, 0.5) is 0 Å². The summed E-state index contributed by atoms with van der Waals surface area (Å²) in [7, 11) is 2.70. The summed E-state index contributed by atoms with van der Waals surface area (Å²) in [5.74, 6) is -0.796. The molecule has 4 nitrogen and oxygen atoms in total. The minimum Gasteiger partial charge on any atom is -0.489 e. The van der Waals surface area contributed by atoms with Crippen LogP contribution < -0.4 is 0 Å². The Hall–Kier alpha value is -2.05. The Balaban J connectivity index is 1.98. The summed E-state index contributed by atoms with van der Waals surface area (Å²) in [4.78, 5) is 26.9. The quantitative estimate of drug-likeness (QED) is 0.751. The monoisotopic (exact) mass is 404 g/mol. The molecule has 2 aromatic rings. The van der Waals surface area contributed by atoms with E-state index in [1.807, 2.05) is 30.3 Å². The van der Waals surface area contributed by atoms with Gasteiger partial charge in [0.2, 0.25) is 23.1 Å². The summed E-state index contributed by atoms with van der Waals surface area (Å²) in [6.45, 7) is 0. The highest BCUT2D eigenvalue weighted by atomic mass is 79.9. The van der Waals surface area contributed by atoms with Gasteiger partial charge in [-0.15, -0.1) is 0 Å². The van der Waals surface area contributed by atoms with E-state index in [4.69, 9.17) is 9.47 Å². The van der Waals surface area contributed by atoms with Crippen molar-refractivity contribution in [3.8, 4) is 0 Å². The average molecular weight is 405 g/mol. The lowest BCUT2D eigenvalue weighted by molar-refractivity contribution is 0.0829. The zero-order valence-electron chi connectivity index (χ0n) is 13.0. The molecule has 0 fully saturated rings. The first-order valence-corrected chi connectivity index (χ1v) is 8.65. The normalized spacial score (nSPS) is 13.8. The van der Waals surface area contributed by atoms with E-state index in [1.165, 1.54) is 26.0 Å². The maximum absolute atomic E-state index is 12.6. The average Bonchev–Trinajstić information content (AvgIpc) is 2.59. The fourth-order valence-electron chi connectivity index (χ4n) is 2.43. The lowest BCUT2D eigenvalue weighted by atomic mass is 9.92. The summed E-state index contributed by atoms with van der Waals surface area (Å²) in [5, 5.41) is 0. The van der Waals surface area contributed by atoms with Crippen LogP contribution in [0.3, 0.4) is 0 Å². The number of Topliss-reactive ketones (excluding diaryl/α,β-unsaturated/α-hetero) is 2. The van der Waals surface area contributed by atoms with Crippen LogP contribution in [0, 0.1) is 0 Å². The SMILES string of the molecule is COC1=C(OC)C(=O)c2cc(Sc3ccc(Br)cc3)ccc2C1=O. The molecule has 24 heavy (non-hydrogen) atoms. The van der Waals surface area contributed by atoms with Crippen molar-refractivity contribution in [1.82, 2.24) is 0 Å². The minimum absolute atomic E-state index is 0.0525. The number of carbonyl (C=O) groups is 2. The van der Waals surface area contributed by atoms with E-state index in [9.17, 15) is 9.59 Å². The van der Waals surface area contributed by atoms with Crippen molar-refractivity contribution in [3.63, 3.8) is 0 Å². The van der Waals surface area contributed by atoms with Crippen LogP contribution in [0.2, 0.25) is 0 Å². The number of rotatable bonds is 4. The number of fused-ring (bicyclic) bond motifs is 1. The van der Waals surface area contributed by atoms with Crippen LogP contribution in [0.1, 0.15) is 20.7 Å². The van der Waals surface area contributed by atoms with Crippen molar-refractivity contribution in [2.75, 3.05) is 14.2 Å². The highest BCUT2D eigenvalue weighted by Crippen LogP contribution is 2.33. The molecular formula is C18H13BrO4S. The number of benzene rings is 2. The number of hydrogen-bond donors (Lipinski definition) is 0. The molecule has 0 bridgehead atoms. The molecule has 0 aromatic heterocycles. The van der Waals surface area contributed by atoms with Gasteiger partial charge in [0, 0.05) is 25.4 Å². The van der Waals surface area contributed by atoms with Crippen LogP contribution in [-0.4, -0.2) is 25.8 Å². The largest absolute Gasteiger partial charge is 0.489 e. The van der Waals surface area contributed by atoms with Gasteiger partial charge in [-0.25, -0.2) is 0 Å². The summed E-state index contributed by atoms with van der Waals surface area (Å²) in [6, 6.07) is 13.0. The smallest absolute Gasteiger partial charge is 0.232 e. The van der Waals surface area contributed by atoms with Gasteiger partial charge in [0.25, 0.3) is 0 Å². The highest BCUT2D eigenvalue weighted by Gasteiger charge is 2.34. The second-order valence-corrected chi connectivity index (χ2v) is 7.05. The van der Waals surface area contributed by atoms with Crippen LogP contribution >= 0.6 is 27.7 Å². The fourth-order valence-corrected chi connectivity index (χ4v) is 3.55. The molecule has 0 amide bonds. The number of ketones is 2. The Bertz CT molecular complexity index is 856. The minimum atomic E-state index is -0.345. The van der Waals surface area contributed by atoms with Crippen molar-refractivity contribution >= 4 is 39.3 Å². The molecule has 0 atom stereocenters. The van der Waals surface area contributed by atoms with Gasteiger partial charge in [-0.05, 0) is 42.5 Å². The Labute approximate surface area is 152 Å². The maximum Gasteiger partial charge on any atom is 0.232 e. The second-order valence-electron chi connectivity index (χ2n) is 4.99. The predicted octanol–water partition coefficient (Wildman–Crippen LogP) is 4.48. The van der Waals surface area contributed by atoms with Gasteiger partial charge in [0.1, 0.15) is 0 Å². The number of allylic oxidation sites excluding steroid dienone is 2. The Morgan fingerprint density at radius 2 is 1.33 bits per heavy atom. The van der Waals surface area contributed by atoms with Gasteiger partial charge < -0.3 is 9.47 Å². The Morgan fingerprint density at radius 1 is 0.792 bits per heavy atom. The molecule has 122 valence electrons. The third kappa shape index (κ3) is 2.99. The molecular weight excluding hydrogens is 392 g/mol. The standard InChI is InChI=1S/C18H13BrO4S/c1-22-17-15(20)13-8-7-12(9-14(13)16(21)18(17)23-2)24-11-5-3-10(19)4-6-11/h3-9H,1-2H3. The van der Waals surface area contributed by atoms with Crippen molar-refractivity contribution in [2.24, 2.45) is 0 Å². The van der Waals surface area contributed by atoms with E-state index in [0.717, 1.165) is 14.3 Å². The van der Waals surface area contributed by atoms with Gasteiger partial charge in [-0.3, -0.25) is 9.59 Å². The Morgan fingerprint density at radius 3 is 1.92 bits per heavy atom. The second kappa shape index (κ2) is 6.83. The number of carbonyl (C=O) groups excluding carboxylic acids is 2. The first-order valence-electron chi connectivity index (χ1n) is 7.04. The molecule has 0 spiro atoms. The number of methoxy groups -OCH3 is 2. The molecule has 0 N–H and O–H groups in total. The molecule has 1 aliphatic rings. The van der Waals surface area contributed by atoms with Crippen molar-refractivity contribution < 1.29 is 19.1 Å². The number of hydrogen-bond acceptors (Lipinski definition) is 5. The third-order valence-electron chi connectivity index (χ3n) is 3.56. The zero-order valence-corrected chi connectivity index (χ0v) is 15.4. The topological polar surface area (TPSA) is 52.6 Å². The predicted molar refractivity (Wildman–Crippen MR) is 94.4 cm³/mol. The summed E-state index contributed by atoms with van der Waals surface area (Å²) >= 11 is 4.91. The van der Waals surface area contributed by atoms with E-state index in [1.54, 1.807) is 12.1 Å². The molecule has 0 saturated carbocycles. The molecule has 0 radical (unpaired) electrons. The van der Waals surface area contributed by atoms with Crippen LogP contribution in [0.5, 0.6) is 0 Å². The molecule has 0 unspecified atom stereocenters. The van der Waals surface area contributed by atoms with Crippen LogP contribution in [-0.2, 0) is 9.47 Å². The lowest BCUT2D eigenvalue weighted by Crippen LogP contribution is -2.24. The third-order valence-corrected chi connectivity index (χ3v) is 5.08. The summed E-state index contributed by atoms with van der Waals surface area (Å²) < 4.78 is 11.1. The molecule has 6 heteroatoms. The zero-order chi connectivity index (χ0) is 17.3. The molecule has 0 aliphatic heterocycles. The van der Waals surface area contributed by atoms with Crippen molar-refractivity contribution in [1.29, 1.82) is 0 Å². The summed E-state index contributed by atoms with van der Waals surface area (Å²) in [6.07, 6.45) is 0. The van der Waals surface area contributed by atoms with E-state index in [0.29, 0.717) is 11.1 Å².